The predicted octanol–water partition coefficient (Wildman–Crippen LogP) is 2.11. The highest BCUT2D eigenvalue weighted by Crippen LogP contribution is 2.16. The normalized spacial score (nSPS) is 8.17. The van der Waals surface area contributed by atoms with Gasteiger partial charge in [-0.05, 0) is 18.4 Å². The van der Waals surface area contributed by atoms with Crippen LogP contribution in [0.4, 0.5) is 0 Å². The molecule has 2 N–H and O–H groups in total. The molecule has 0 amide bonds. The molecule has 2 nitrogen and oxygen atoms in total. The SMILES string of the molecule is CSc1cccnc1CN.Cl.Cl. The van der Waals surface area contributed by atoms with Gasteiger partial charge in [-0.1, -0.05) is 0 Å². The van der Waals surface area contributed by atoms with Crippen LogP contribution in [0.25, 0.3) is 0 Å². The molecule has 0 unspecified atom stereocenters. The van der Waals surface area contributed by atoms with Crippen LogP contribution in [-0.2, 0) is 6.54 Å². The summed E-state index contributed by atoms with van der Waals surface area (Å²) in [5.41, 5.74) is 6.43. The van der Waals surface area contributed by atoms with Crippen LogP contribution in [0, 0.1) is 0 Å². The van der Waals surface area contributed by atoms with E-state index in [2.05, 4.69) is 4.98 Å². The van der Waals surface area contributed by atoms with Crippen molar-refractivity contribution in [3.63, 3.8) is 0 Å². The maximum Gasteiger partial charge on any atom is 0.0674 e. The fourth-order valence-electron chi connectivity index (χ4n) is 0.762. The third-order valence-corrected chi connectivity index (χ3v) is 2.07. The molecule has 0 radical (unpaired) electrons. The zero-order chi connectivity index (χ0) is 7.40. The molecule has 1 aromatic heterocycles. The Kier molecular flexibility index (Phi) is 9.31. The molecule has 1 aromatic rings. The molecule has 70 valence electrons. The lowest BCUT2D eigenvalue weighted by molar-refractivity contribution is 0.945. The highest BCUT2D eigenvalue weighted by Gasteiger charge is 1.96. The summed E-state index contributed by atoms with van der Waals surface area (Å²) in [6.07, 6.45) is 3.79. The van der Waals surface area contributed by atoms with Gasteiger partial charge in [0.25, 0.3) is 0 Å². The van der Waals surface area contributed by atoms with E-state index in [1.807, 2.05) is 18.4 Å². The molecule has 0 fully saturated rings. The monoisotopic (exact) mass is 226 g/mol. The van der Waals surface area contributed by atoms with E-state index in [9.17, 15) is 0 Å². The summed E-state index contributed by atoms with van der Waals surface area (Å²) < 4.78 is 0. The van der Waals surface area contributed by atoms with Crippen molar-refractivity contribution in [1.82, 2.24) is 4.98 Å². The maximum absolute atomic E-state index is 5.45. The van der Waals surface area contributed by atoms with Crippen LogP contribution >= 0.6 is 36.6 Å². The Hall–Kier alpha value is 0.0400. The third kappa shape index (κ3) is 3.63. The average Bonchev–Trinajstić information content (AvgIpc) is 2.04. The van der Waals surface area contributed by atoms with E-state index in [4.69, 9.17) is 5.73 Å². The topological polar surface area (TPSA) is 38.9 Å². The predicted molar refractivity (Wildman–Crippen MR) is 58.4 cm³/mol. The Bertz CT molecular complexity index is 197. The van der Waals surface area contributed by atoms with Crippen LogP contribution in [0.3, 0.4) is 0 Å². The van der Waals surface area contributed by atoms with Crippen LogP contribution in [-0.4, -0.2) is 11.2 Å². The van der Waals surface area contributed by atoms with Gasteiger partial charge in [-0.2, -0.15) is 0 Å². The summed E-state index contributed by atoms with van der Waals surface area (Å²) in [6.45, 7) is 0.525. The molecule has 0 saturated carbocycles. The first kappa shape index (κ1) is 14.6. The zero-order valence-electron chi connectivity index (χ0n) is 6.69. The standard InChI is InChI=1S/C7H10N2S.2ClH/c1-10-7-3-2-4-9-6(7)5-8;;/h2-4H,5,8H2,1H3;2*1H. The summed E-state index contributed by atoms with van der Waals surface area (Å²) in [5.74, 6) is 0. The molecule has 0 atom stereocenters. The van der Waals surface area contributed by atoms with Gasteiger partial charge in [-0.25, -0.2) is 0 Å². The molecule has 0 bridgehead atoms. The van der Waals surface area contributed by atoms with Gasteiger partial charge in [0.2, 0.25) is 0 Å². The van der Waals surface area contributed by atoms with Crippen molar-refractivity contribution >= 4 is 36.6 Å². The molecule has 1 heterocycles. The molecule has 1 rings (SSSR count). The molecule has 5 heteroatoms. The van der Waals surface area contributed by atoms with Crippen molar-refractivity contribution in [2.75, 3.05) is 6.26 Å². The fraction of sp³-hybridized carbons (Fsp3) is 0.286. The van der Waals surface area contributed by atoms with Gasteiger partial charge >= 0.3 is 0 Å². The molecule has 12 heavy (non-hydrogen) atoms. The molecule has 0 saturated heterocycles. The second-order valence-electron chi connectivity index (χ2n) is 1.86. The minimum Gasteiger partial charge on any atom is -0.325 e. The second-order valence-corrected chi connectivity index (χ2v) is 2.70. The van der Waals surface area contributed by atoms with E-state index < -0.39 is 0 Å². The number of pyridine rings is 1. The summed E-state index contributed by atoms with van der Waals surface area (Å²) in [5, 5.41) is 0. The van der Waals surface area contributed by atoms with Crippen LogP contribution in [0.5, 0.6) is 0 Å². The fourth-order valence-corrected chi connectivity index (χ4v) is 1.35. The number of aromatic nitrogens is 1. The first-order chi connectivity index (χ1) is 4.88. The number of thioether (sulfide) groups is 1. The van der Waals surface area contributed by atoms with Gasteiger partial charge in [-0.15, -0.1) is 36.6 Å². The van der Waals surface area contributed by atoms with Gasteiger partial charge in [0.1, 0.15) is 0 Å². The van der Waals surface area contributed by atoms with Gasteiger partial charge in [0.05, 0.1) is 5.69 Å². The Morgan fingerprint density at radius 2 is 2.17 bits per heavy atom. The van der Waals surface area contributed by atoms with Crippen LogP contribution in [0.1, 0.15) is 5.69 Å². The largest absolute Gasteiger partial charge is 0.325 e. The number of nitrogens with two attached hydrogens (primary N) is 1. The van der Waals surface area contributed by atoms with E-state index in [0.717, 1.165) is 5.69 Å². The highest BCUT2D eigenvalue weighted by atomic mass is 35.5. The lowest BCUT2D eigenvalue weighted by atomic mass is 10.3. The van der Waals surface area contributed by atoms with Crippen molar-refractivity contribution in [1.29, 1.82) is 0 Å². The average molecular weight is 227 g/mol. The summed E-state index contributed by atoms with van der Waals surface area (Å²) in [6, 6.07) is 3.95. The van der Waals surface area contributed by atoms with Crippen molar-refractivity contribution < 1.29 is 0 Å². The minimum atomic E-state index is 0. The van der Waals surface area contributed by atoms with E-state index in [1.165, 1.54) is 4.90 Å². The summed E-state index contributed by atoms with van der Waals surface area (Å²) >= 11 is 1.68. The quantitative estimate of drug-likeness (QED) is 0.786. The molecule has 0 aromatic carbocycles. The Morgan fingerprint density at radius 1 is 1.50 bits per heavy atom. The van der Waals surface area contributed by atoms with Gasteiger partial charge in [0.15, 0.2) is 0 Å². The Labute approximate surface area is 89.2 Å². The van der Waals surface area contributed by atoms with E-state index in [1.54, 1.807) is 18.0 Å². The van der Waals surface area contributed by atoms with Crippen molar-refractivity contribution in [3.8, 4) is 0 Å². The molecular formula is C7H12Cl2N2S. The number of rotatable bonds is 2. The van der Waals surface area contributed by atoms with Crippen LogP contribution in [0.2, 0.25) is 0 Å². The number of halogens is 2. The van der Waals surface area contributed by atoms with Gasteiger partial charge < -0.3 is 5.73 Å². The summed E-state index contributed by atoms with van der Waals surface area (Å²) in [7, 11) is 0. The molecule has 0 aliphatic heterocycles. The van der Waals surface area contributed by atoms with E-state index in [0.29, 0.717) is 6.54 Å². The lowest BCUT2D eigenvalue weighted by Crippen LogP contribution is -2.00. The van der Waals surface area contributed by atoms with E-state index in [-0.39, 0.29) is 24.8 Å². The molecule has 0 aliphatic carbocycles. The van der Waals surface area contributed by atoms with Crippen molar-refractivity contribution in [3.05, 3.63) is 24.0 Å². The van der Waals surface area contributed by atoms with Crippen LogP contribution in [0.15, 0.2) is 23.2 Å². The van der Waals surface area contributed by atoms with Crippen LogP contribution < -0.4 is 5.73 Å². The smallest absolute Gasteiger partial charge is 0.0674 e. The zero-order valence-corrected chi connectivity index (χ0v) is 9.14. The Balaban J connectivity index is 0. The van der Waals surface area contributed by atoms with Crippen molar-refractivity contribution in [2.45, 2.75) is 11.4 Å². The third-order valence-electron chi connectivity index (χ3n) is 1.26. The van der Waals surface area contributed by atoms with Gasteiger partial charge in [-0.3, -0.25) is 4.98 Å². The van der Waals surface area contributed by atoms with Gasteiger partial charge in [0, 0.05) is 17.6 Å². The highest BCUT2D eigenvalue weighted by molar-refractivity contribution is 7.98. The molecule has 0 aliphatic rings. The summed E-state index contributed by atoms with van der Waals surface area (Å²) in [4.78, 5) is 5.29. The minimum absolute atomic E-state index is 0. The number of hydrogen-bond donors (Lipinski definition) is 1. The second kappa shape index (κ2) is 7.68. The first-order valence-electron chi connectivity index (χ1n) is 3.06. The number of nitrogens with zero attached hydrogens (tertiary/aromatic N) is 1. The Morgan fingerprint density at radius 3 is 2.58 bits per heavy atom. The lowest BCUT2D eigenvalue weighted by Gasteiger charge is -2.00. The molecular weight excluding hydrogens is 215 g/mol. The number of hydrogen-bond acceptors (Lipinski definition) is 3. The van der Waals surface area contributed by atoms with Crippen molar-refractivity contribution in [2.24, 2.45) is 5.73 Å². The first-order valence-corrected chi connectivity index (χ1v) is 4.29. The van der Waals surface area contributed by atoms with E-state index >= 15 is 0 Å². The maximum atomic E-state index is 5.45. The molecule has 0 spiro atoms.